The number of rotatable bonds is 7. The van der Waals surface area contributed by atoms with Gasteiger partial charge in [-0.15, -0.1) is 0 Å². The van der Waals surface area contributed by atoms with Crippen LogP contribution < -0.4 is 9.21 Å². The van der Waals surface area contributed by atoms with Crippen molar-refractivity contribution in [2.45, 2.75) is 23.9 Å². The van der Waals surface area contributed by atoms with Gasteiger partial charge in [0.1, 0.15) is 5.82 Å². The topological polar surface area (TPSA) is 92.7 Å². The molecule has 1 saturated heterocycles. The zero-order valence-electron chi connectivity index (χ0n) is 20.2. The molecule has 2 aromatic heterocycles. The lowest BCUT2D eigenvalue weighted by Crippen LogP contribution is -2.41. The van der Waals surface area contributed by atoms with Crippen molar-refractivity contribution in [3.05, 3.63) is 77.1 Å². The second kappa shape index (κ2) is 11.2. The molecule has 0 unspecified atom stereocenters. The van der Waals surface area contributed by atoms with Crippen LogP contribution in [0.3, 0.4) is 0 Å². The number of sulfonamides is 1. The highest BCUT2D eigenvalue weighted by Crippen LogP contribution is 2.36. The third-order valence-corrected chi connectivity index (χ3v) is 8.31. The molecule has 0 radical (unpaired) electrons. The molecule has 1 fully saturated rings. The molecule has 38 heavy (non-hydrogen) atoms. The van der Waals surface area contributed by atoms with Crippen molar-refractivity contribution in [1.82, 2.24) is 9.97 Å². The Morgan fingerprint density at radius 3 is 2.37 bits per heavy atom. The fraction of sp³-hybridized carbons (Fsp3) is 0.320. The van der Waals surface area contributed by atoms with Gasteiger partial charge in [-0.25, -0.2) is 27.5 Å². The fourth-order valence-corrected chi connectivity index (χ4v) is 6.03. The van der Waals surface area contributed by atoms with Gasteiger partial charge in [0, 0.05) is 32.0 Å². The van der Waals surface area contributed by atoms with E-state index >= 15 is 0 Å². The average molecular weight is 569 g/mol. The molecular weight excluding hydrogens is 545 g/mol. The van der Waals surface area contributed by atoms with E-state index in [1.807, 2.05) is 18.2 Å². The van der Waals surface area contributed by atoms with Crippen molar-refractivity contribution in [1.29, 1.82) is 0 Å². The molecule has 0 saturated carbocycles. The van der Waals surface area contributed by atoms with E-state index in [1.54, 1.807) is 6.20 Å². The number of ether oxygens (including phenoxy) is 1. The van der Waals surface area contributed by atoms with E-state index < -0.39 is 32.8 Å². The first-order valence-electron chi connectivity index (χ1n) is 11.6. The minimum absolute atomic E-state index is 0.0464. The van der Waals surface area contributed by atoms with Crippen LogP contribution in [0.1, 0.15) is 28.8 Å². The quantitative estimate of drug-likeness (QED) is 0.368. The maximum Gasteiger partial charge on any atom is 0.417 e. The van der Waals surface area contributed by atoms with E-state index in [4.69, 9.17) is 11.6 Å². The van der Waals surface area contributed by atoms with Crippen LogP contribution in [0, 0.1) is 5.92 Å². The van der Waals surface area contributed by atoms with Crippen LogP contribution in [0.2, 0.25) is 5.02 Å². The van der Waals surface area contributed by atoms with Crippen molar-refractivity contribution in [3.8, 4) is 0 Å². The van der Waals surface area contributed by atoms with Crippen molar-refractivity contribution >= 4 is 39.2 Å². The smallest absolute Gasteiger partial charge is 0.417 e. The molecule has 3 aromatic rings. The first kappa shape index (κ1) is 27.6. The van der Waals surface area contributed by atoms with Crippen molar-refractivity contribution in [2.24, 2.45) is 5.92 Å². The van der Waals surface area contributed by atoms with Crippen molar-refractivity contribution < 1.29 is 31.1 Å². The number of carbonyl (C=O) groups is 1. The lowest BCUT2D eigenvalue weighted by Gasteiger charge is -2.35. The highest BCUT2D eigenvalue weighted by Gasteiger charge is 2.35. The number of alkyl halides is 3. The highest BCUT2D eigenvalue weighted by atomic mass is 35.5. The van der Waals surface area contributed by atoms with Gasteiger partial charge in [0.25, 0.3) is 10.0 Å². The molecule has 1 aliphatic rings. The van der Waals surface area contributed by atoms with E-state index in [9.17, 15) is 26.4 Å². The summed E-state index contributed by atoms with van der Waals surface area (Å²) in [4.78, 5) is 21.9. The predicted octanol–water partition coefficient (Wildman–Crippen LogP) is 5.05. The van der Waals surface area contributed by atoms with Crippen molar-refractivity contribution in [3.63, 3.8) is 0 Å². The first-order valence-corrected chi connectivity index (χ1v) is 13.4. The summed E-state index contributed by atoms with van der Waals surface area (Å²) in [5.41, 5.74) is -0.944. The summed E-state index contributed by atoms with van der Waals surface area (Å²) in [6.07, 6.45) is -1.21. The lowest BCUT2D eigenvalue weighted by atomic mass is 9.96. The van der Waals surface area contributed by atoms with Gasteiger partial charge in [-0.3, -0.25) is 0 Å². The van der Waals surface area contributed by atoms with Crippen LogP contribution in [0.15, 0.2) is 65.8 Å². The van der Waals surface area contributed by atoms with E-state index in [0.29, 0.717) is 38.2 Å². The van der Waals surface area contributed by atoms with E-state index in [1.165, 1.54) is 31.4 Å². The minimum Gasteiger partial charge on any atom is -0.465 e. The first-order chi connectivity index (χ1) is 18.0. The monoisotopic (exact) mass is 568 g/mol. The molecule has 0 aliphatic carbocycles. The summed E-state index contributed by atoms with van der Waals surface area (Å²) in [6, 6.07) is 11.3. The van der Waals surface area contributed by atoms with Crippen LogP contribution in [0.4, 0.5) is 24.8 Å². The number of halogens is 4. The van der Waals surface area contributed by atoms with E-state index in [2.05, 4.69) is 19.6 Å². The number of nitrogens with zero attached hydrogens (tertiary/aromatic N) is 4. The predicted molar refractivity (Wildman–Crippen MR) is 136 cm³/mol. The Morgan fingerprint density at radius 2 is 1.82 bits per heavy atom. The molecule has 0 atom stereocenters. The summed E-state index contributed by atoms with van der Waals surface area (Å²) in [5, 5.41) is -0.444. The molecule has 202 valence electrons. The SMILES string of the molecule is COC(=O)c1ccc(S(=O)(=O)N(CC2CCN(c3ccccn3)CC2)c2ncc(C(F)(F)F)cc2Cl)cc1. The number of methoxy groups -OCH3 is 1. The maximum atomic E-state index is 13.7. The molecular formula is C25H24ClF3N4O4S. The van der Waals surface area contributed by atoms with Crippen LogP contribution in [-0.4, -0.2) is 51.1 Å². The number of esters is 1. The number of hydrogen-bond acceptors (Lipinski definition) is 7. The Hall–Kier alpha value is -3.38. The van der Waals surface area contributed by atoms with Crippen molar-refractivity contribution in [2.75, 3.05) is 35.9 Å². The van der Waals surface area contributed by atoms with Gasteiger partial charge in [-0.05, 0) is 61.2 Å². The standard InChI is InChI=1S/C25H24ClF3N4O4S/c1-37-24(34)18-5-7-20(8-6-18)38(35,36)33(23-21(26)14-19(15-31-23)25(27,28)29)16-17-9-12-32(13-10-17)22-4-2-3-11-30-22/h2-8,11,14-15,17H,9-10,12-13,16H2,1H3. The molecule has 8 nitrogen and oxygen atoms in total. The fourth-order valence-electron chi connectivity index (χ4n) is 4.20. The molecule has 3 heterocycles. The summed E-state index contributed by atoms with van der Waals surface area (Å²) in [6.45, 7) is 1.20. The van der Waals surface area contributed by atoms with Gasteiger partial charge >= 0.3 is 12.1 Å². The Morgan fingerprint density at radius 1 is 1.13 bits per heavy atom. The van der Waals surface area contributed by atoms with Gasteiger partial charge < -0.3 is 9.64 Å². The van der Waals surface area contributed by atoms with Crippen LogP contribution >= 0.6 is 11.6 Å². The second-order valence-corrected chi connectivity index (χ2v) is 11.0. The maximum absolute atomic E-state index is 13.7. The summed E-state index contributed by atoms with van der Waals surface area (Å²) in [7, 11) is -3.11. The lowest BCUT2D eigenvalue weighted by molar-refractivity contribution is -0.137. The molecule has 0 amide bonds. The van der Waals surface area contributed by atoms with Gasteiger partial charge in [0.15, 0.2) is 5.82 Å². The Labute approximate surface area is 223 Å². The number of anilines is 2. The zero-order valence-corrected chi connectivity index (χ0v) is 21.8. The second-order valence-electron chi connectivity index (χ2n) is 8.70. The van der Waals surface area contributed by atoms with E-state index in [0.717, 1.165) is 10.1 Å². The molecule has 4 rings (SSSR count). The molecule has 1 aliphatic heterocycles. The van der Waals surface area contributed by atoms with Crippen LogP contribution in [0.25, 0.3) is 0 Å². The molecule has 0 bridgehead atoms. The molecule has 1 aromatic carbocycles. The number of aromatic nitrogens is 2. The van der Waals surface area contributed by atoms with Gasteiger partial charge in [0.05, 0.1) is 28.2 Å². The molecule has 0 spiro atoms. The van der Waals surface area contributed by atoms with Crippen LogP contribution in [0.5, 0.6) is 0 Å². The van der Waals surface area contributed by atoms with Gasteiger partial charge in [-0.2, -0.15) is 13.2 Å². The minimum atomic E-state index is -4.69. The normalized spacial score (nSPS) is 14.8. The Balaban J connectivity index is 1.64. The molecule has 0 N–H and O–H groups in total. The van der Waals surface area contributed by atoms with Gasteiger partial charge in [-0.1, -0.05) is 17.7 Å². The third-order valence-electron chi connectivity index (χ3n) is 6.26. The highest BCUT2D eigenvalue weighted by molar-refractivity contribution is 7.92. The molecule has 13 heteroatoms. The average Bonchev–Trinajstić information content (AvgIpc) is 2.92. The number of carbonyl (C=O) groups excluding carboxylic acids is 1. The van der Waals surface area contributed by atoms with E-state index in [-0.39, 0.29) is 28.7 Å². The largest absolute Gasteiger partial charge is 0.465 e. The number of piperidine rings is 1. The number of hydrogen-bond donors (Lipinski definition) is 0. The zero-order chi connectivity index (χ0) is 27.5. The summed E-state index contributed by atoms with van der Waals surface area (Å²) < 4.78 is 72.7. The van der Waals surface area contributed by atoms with Gasteiger partial charge in [0.2, 0.25) is 0 Å². The summed E-state index contributed by atoms with van der Waals surface area (Å²) >= 11 is 6.18. The summed E-state index contributed by atoms with van der Waals surface area (Å²) in [5.74, 6) is -0.255. The Bertz CT molecular complexity index is 1380. The third kappa shape index (κ3) is 6.02. The number of pyridine rings is 2. The number of benzene rings is 1. The van der Waals surface area contributed by atoms with Crippen LogP contribution in [-0.2, 0) is 20.9 Å². The Kier molecular flexibility index (Phi) is 8.12.